The largest absolute Gasteiger partial charge is 0.415 e. The van der Waals surface area contributed by atoms with Crippen LogP contribution in [0.1, 0.15) is 26.7 Å². The molecule has 0 saturated carbocycles. The average molecular weight is 281 g/mol. The number of likely N-dealkylation sites (N-methyl/N-ethyl adjacent to an activating group) is 1. The number of carbonyl (C=O) groups excluding carboxylic acids is 1. The van der Waals surface area contributed by atoms with Gasteiger partial charge in [-0.2, -0.15) is 13.2 Å². The molecule has 1 aliphatic heterocycles. The molecule has 0 radical (unpaired) electrons. The van der Waals surface area contributed by atoms with E-state index in [1.807, 2.05) is 18.9 Å². The maximum absolute atomic E-state index is 12.9. The van der Waals surface area contributed by atoms with Crippen molar-refractivity contribution in [3.8, 4) is 0 Å². The SMILES string of the molecule is CCC1CN(C)CCCN1C(=O)C(C)(N)C(F)(F)F. The number of hydrogen-bond acceptors (Lipinski definition) is 3. The number of hydrogen-bond donors (Lipinski definition) is 1. The molecule has 112 valence electrons. The summed E-state index contributed by atoms with van der Waals surface area (Å²) in [5.41, 5.74) is 2.42. The molecule has 1 rings (SSSR count). The van der Waals surface area contributed by atoms with Gasteiger partial charge in [-0.05, 0) is 33.4 Å². The summed E-state index contributed by atoms with van der Waals surface area (Å²) in [5, 5.41) is 0. The zero-order valence-corrected chi connectivity index (χ0v) is 11.6. The van der Waals surface area contributed by atoms with E-state index >= 15 is 0 Å². The molecule has 1 heterocycles. The van der Waals surface area contributed by atoms with Gasteiger partial charge in [0.1, 0.15) is 0 Å². The second kappa shape index (κ2) is 5.66. The molecular formula is C12H22F3N3O. The van der Waals surface area contributed by atoms with Crippen molar-refractivity contribution < 1.29 is 18.0 Å². The van der Waals surface area contributed by atoms with Gasteiger partial charge < -0.3 is 15.5 Å². The van der Waals surface area contributed by atoms with Crippen LogP contribution in [-0.2, 0) is 4.79 Å². The van der Waals surface area contributed by atoms with Gasteiger partial charge in [-0.3, -0.25) is 4.79 Å². The maximum atomic E-state index is 12.9. The number of nitrogens with two attached hydrogens (primary N) is 1. The summed E-state index contributed by atoms with van der Waals surface area (Å²) in [4.78, 5) is 15.5. The van der Waals surface area contributed by atoms with E-state index in [2.05, 4.69) is 0 Å². The van der Waals surface area contributed by atoms with Crippen LogP contribution in [0.15, 0.2) is 0 Å². The van der Waals surface area contributed by atoms with Crippen LogP contribution in [0.4, 0.5) is 13.2 Å². The highest BCUT2D eigenvalue weighted by atomic mass is 19.4. The lowest BCUT2D eigenvalue weighted by Gasteiger charge is -2.37. The molecule has 1 amide bonds. The van der Waals surface area contributed by atoms with E-state index in [0.717, 1.165) is 13.5 Å². The van der Waals surface area contributed by atoms with Crippen molar-refractivity contribution >= 4 is 5.91 Å². The van der Waals surface area contributed by atoms with E-state index < -0.39 is 17.6 Å². The number of carbonyl (C=O) groups is 1. The highest BCUT2D eigenvalue weighted by molar-refractivity contribution is 5.87. The third-order valence-corrected chi connectivity index (χ3v) is 3.67. The normalized spacial score (nSPS) is 25.8. The molecule has 0 aromatic carbocycles. The van der Waals surface area contributed by atoms with E-state index in [4.69, 9.17) is 5.73 Å². The van der Waals surface area contributed by atoms with Crippen LogP contribution >= 0.6 is 0 Å². The Bertz CT molecular complexity index is 331. The zero-order valence-electron chi connectivity index (χ0n) is 11.6. The van der Waals surface area contributed by atoms with Gasteiger partial charge in [0.05, 0.1) is 0 Å². The molecule has 1 fully saturated rings. The van der Waals surface area contributed by atoms with E-state index in [9.17, 15) is 18.0 Å². The van der Waals surface area contributed by atoms with E-state index in [0.29, 0.717) is 25.9 Å². The monoisotopic (exact) mass is 281 g/mol. The molecule has 19 heavy (non-hydrogen) atoms. The Hall–Kier alpha value is -0.820. The highest BCUT2D eigenvalue weighted by Crippen LogP contribution is 2.30. The summed E-state index contributed by atoms with van der Waals surface area (Å²) < 4.78 is 38.6. The smallest absolute Gasteiger partial charge is 0.337 e. The van der Waals surface area contributed by atoms with Crippen LogP contribution < -0.4 is 5.73 Å². The third-order valence-electron chi connectivity index (χ3n) is 3.67. The Labute approximate surface area is 111 Å². The van der Waals surface area contributed by atoms with Gasteiger partial charge in [0.15, 0.2) is 5.54 Å². The second-order valence-electron chi connectivity index (χ2n) is 5.38. The summed E-state index contributed by atoms with van der Waals surface area (Å²) in [6.07, 6.45) is -3.46. The third kappa shape index (κ3) is 3.39. The van der Waals surface area contributed by atoms with Crippen LogP contribution in [0.2, 0.25) is 0 Å². The van der Waals surface area contributed by atoms with Crippen molar-refractivity contribution in [2.75, 3.05) is 26.7 Å². The maximum Gasteiger partial charge on any atom is 0.415 e. The first-order chi connectivity index (χ1) is 8.61. The first kappa shape index (κ1) is 16.2. The minimum Gasteiger partial charge on any atom is -0.337 e. The Kier molecular flexibility index (Phi) is 4.84. The molecule has 2 atom stereocenters. The number of amides is 1. The van der Waals surface area contributed by atoms with Crippen LogP contribution in [0.3, 0.4) is 0 Å². The molecule has 0 aliphatic carbocycles. The Morgan fingerprint density at radius 3 is 2.42 bits per heavy atom. The average Bonchev–Trinajstić information content (AvgIpc) is 2.47. The quantitative estimate of drug-likeness (QED) is 0.827. The van der Waals surface area contributed by atoms with Gasteiger partial charge in [0.2, 0.25) is 0 Å². The van der Waals surface area contributed by atoms with Crippen molar-refractivity contribution in [3.63, 3.8) is 0 Å². The van der Waals surface area contributed by atoms with Crippen molar-refractivity contribution in [1.82, 2.24) is 9.80 Å². The van der Waals surface area contributed by atoms with Gasteiger partial charge in [-0.15, -0.1) is 0 Å². The molecular weight excluding hydrogens is 259 g/mol. The lowest BCUT2D eigenvalue weighted by Crippen LogP contribution is -2.64. The number of alkyl halides is 3. The second-order valence-corrected chi connectivity index (χ2v) is 5.38. The van der Waals surface area contributed by atoms with Crippen molar-refractivity contribution in [3.05, 3.63) is 0 Å². The standard InChI is InChI=1S/C12H22F3N3O/c1-4-9-8-17(3)6-5-7-18(9)10(19)11(2,16)12(13,14)15/h9H,4-8,16H2,1-3H3. The lowest BCUT2D eigenvalue weighted by molar-refractivity contribution is -0.195. The summed E-state index contributed by atoms with van der Waals surface area (Å²) in [6, 6.07) is -0.217. The van der Waals surface area contributed by atoms with E-state index in [1.165, 1.54) is 4.90 Å². The molecule has 2 N–H and O–H groups in total. The summed E-state index contributed by atoms with van der Waals surface area (Å²) in [6.45, 7) is 4.29. The van der Waals surface area contributed by atoms with Crippen LogP contribution in [-0.4, -0.2) is 60.1 Å². The molecule has 0 aromatic heterocycles. The molecule has 1 aliphatic rings. The van der Waals surface area contributed by atoms with Gasteiger partial charge in [-0.1, -0.05) is 6.92 Å². The van der Waals surface area contributed by atoms with Gasteiger partial charge >= 0.3 is 6.18 Å². The molecule has 7 heteroatoms. The molecule has 0 spiro atoms. The van der Waals surface area contributed by atoms with E-state index in [1.54, 1.807) is 0 Å². The first-order valence-corrected chi connectivity index (χ1v) is 6.46. The number of nitrogens with zero attached hydrogens (tertiary/aromatic N) is 2. The zero-order chi connectivity index (χ0) is 14.8. The highest BCUT2D eigenvalue weighted by Gasteiger charge is 2.56. The van der Waals surface area contributed by atoms with Crippen LogP contribution in [0, 0.1) is 0 Å². The summed E-state index contributed by atoms with van der Waals surface area (Å²) >= 11 is 0. The predicted molar refractivity (Wildman–Crippen MR) is 66.6 cm³/mol. The van der Waals surface area contributed by atoms with Gasteiger partial charge in [0.25, 0.3) is 5.91 Å². The Morgan fingerprint density at radius 2 is 1.95 bits per heavy atom. The molecule has 2 unspecified atom stereocenters. The number of halogens is 3. The summed E-state index contributed by atoms with van der Waals surface area (Å²) in [5.74, 6) is -1.03. The fourth-order valence-corrected chi connectivity index (χ4v) is 2.28. The van der Waals surface area contributed by atoms with Crippen molar-refractivity contribution in [2.24, 2.45) is 5.73 Å². The fraction of sp³-hybridized carbons (Fsp3) is 0.917. The Balaban J connectivity index is 2.95. The molecule has 1 saturated heterocycles. The van der Waals surface area contributed by atoms with Crippen molar-refractivity contribution in [2.45, 2.75) is 44.4 Å². The summed E-state index contributed by atoms with van der Waals surface area (Å²) in [7, 11) is 1.90. The number of rotatable bonds is 2. The van der Waals surface area contributed by atoms with Crippen LogP contribution in [0.25, 0.3) is 0 Å². The predicted octanol–water partition coefficient (Wildman–Crippen LogP) is 1.21. The lowest BCUT2D eigenvalue weighted by atomic mass is 9.99. The van der Waals surface area contributed by atoms with E-state index in [-0.39, 0.29) is 6.04 Å². The first-order valence-electron chi connectivity index (χ1n) is 6.46. The Morgan fingerprint density at radius 1 is 1.37 bits per heavy atom. The minimum atomic E-state index is -4.74. The fourth-order valence-electron chi connectivity index (χ4n) is 2.28. The molecule has 0 aromatic rings. The van der Waals surface area contributed by atoms with Crippen molar-refractivity contribution in [1.29, 1.82) is 0 Å². The topological polar surface area (TPSA) is 49.6 Å². The molecule has 4 nitrogen and oxygen atoms in total. The van der Waals surface area contributed by atoms with Crippen LogP contribution in [0.5, 0.6) is 0 Å². The van der Waals surface area contributed by atoms with Gasteiger partial charge in [-0.25, -0.2) is 0 Å². The van der Waals surface area contributed by atoms with Gasteiger partial charge in [0, 0.05) is 19.1 Å². The molecule has 0 bridgehead atoms. The minimum absolute atomic E-state index is 0.217.